The molecule has 0 aliphatic carbocycles. The van der Waals surface area contributed by atoms with Gasteiger partial charge in [-0.2, -0.15) is 0 Å². The number of imidazole rings is 2. The van der Waals surface area contributed by atoms with Crippen LogP contribution in [0.4, 0.5) is 5.88 Å². The Morgan fingerprint density at radius 2 is 1.93 bits per heavy atom. The van der Waals surface area contributed by atoms with E-state index in [0.29, 0.717) is 30.2 Å². The van der Waals surface area contributed by atoms with Crippen LogP contribution in [0.2, 0.25) is 0 Å². The van der Waals surface area contributed by atoms with Crippen LogP contribution in [0.3, 0.4) is 0 Å². The van der Waals surface area contributed by atoms with Gasteiger partial charge in [-0.05, 0) is 55.0 Å². The van der Waals surface area contributed by atoms with Crippen LogP contribution in [-0.4, -0.2) is 37.6 Å². The molecule has 0 spiro atoms. The Morgan fingerprint density at radius 3 is 2.62 bits per heavy atom. The largest absolute Gasteiger partial charge is 0.497 e. The van der Waals surface area contributed by atoms with E-state index in [4.69, 9.17) is 14.1 Å². The van der Waals surface area contributed by atoms with Crippen molar-refractivity contribution in [3.63, 3.8) is 0 Å². The number of aromatic nitrogens is 5. The number of fused-ring (bicyclic) bond motifs is 1. The number of carbonyl (C=O) groups is 1. The highest BCUT2D eigenvalue weighted by Crippen LogP contribution is 2.35. The number of anilines is 1. The Kier molecular flexibility index (Phi) is 6.84. The molecule has 0 aliphatic heterocycles. The number of rotatable bonds is 10. The molecule has 1 unspecified atom stereocenters. The molecule has 1 amide bonds. The lowest BCUT2D eigenvalue weighted by molar-refractivity contribution is -0.108. The first-order chi connectivity index (χ1) is 19.7. The second kappa shape index (κ2) is 10.9. The SMILES string of the molecule is CCn1c(-c2ccc(-n3ccnc3)cc2)cnc1C(Cc1ccccn1)N(C=O)c1cc2cc(OC)ccc2o1. The molecule has 0 saturated carbocycles. The number of nitrogens with zero attached hydrogens (tertiary/aromatic N) is 6. The molecule has 6 aromatic rings. The lowest BCUT2D eigenvalue weighted by Gasteiger charge is -2.26. The molecular formula is C31H28N6O3. The van der Waals surface area contributed by atoms with E-state index in [0.717, 1.165) is 40.3 Å². The Labute approximate surface area is 231 Å². The highest BCUT2D eigenvalue weighted by molar-refractivity contribution is 5.86. The van der Waals surface area contributed by atoms with Crippen LogP contribution >= 0.6 is 0 Å². The molecule has 6 rings (SSSR count). The smallest absolute Gasteiger partial charge is 0.217 e. The summed E-state index contributed by atoms with van der Waals surface area (Å²) < 4.78 is 15.6. The van der Waals surface area contributed by atoms with Crippen molar-refractivity contribution in [3.05, 3.63) is 109 Å². The Balaban J connectivity index is 1.42. The number of hydrogen-bond acceptors (Lipinski definition) is 6. The van der Waals surface area contributed by atoms with E-state index in [9.17, 15) is 4.79 Å². The second-order valence-electron chi connectivity index (χ2n) is 9.30. The lowest BCUT2D eigenvalue weighted by atomic mass is 10.1. The van der Waals surface area contributed by atoms with Crippen molar-refractivity contribution < 1.29 is 13.9 Å². The number of pyridine rings is 1. The van der Waals surface area contributed by atoms with Gasteiger partial charge in [-0.25, -0.2) is 9.97 Å². The average Bonchev–Trinajstić information content (AvgIpc) is 3.77. The molecule has 2 aromatic carbocycles. The van der Waals surface area contributed by atoms with Gasteiger partial charge in [-0.1, -0.05) is 18.2 Å². The predicted molar refractivity (Wildman–Crippen MR) is 152 cm³/mol. The molecule has 4 heterocycles. The van der Waals surface area contributed by atoms with Gasteiger partial charge in [-0.3, -0.25) is 14.7 Å². The van der Waals surface area contributed by atoms with E-state index in [-0.39, 0.29) is 0 Å². The van der Waals surface area contributed by atoms with Crippen LogP contribution in [0, 0.1) is 0 Å². The van der Waals surface area contributed by atoms with Gasteiger partial charge < -0.3 is 18.3 Å². The maximum Gasteiger partial charge on any atom is 0.217 e. The first-order valence-electron chi connectivity index (χ1n) is 13.0. The molecule has 200 valence electrons. The molecule has 9 heteroatoms. The first-order valence-corrected chi connectivity index (χ1v) is 13.0. The van der Waals surface area contributed by atoms with Gasteiger partial charge in [0, 0.05) is 54.4 Å². The van der Waals surface area contributed by atoms with Gasteiger partial charge in [0.05, 0.1) is 25.3 Å². The zero-order valence-corrected chi connectivity index (χ0v) is 22.2. The second-order valence-corrected chi connectivity index (χ2v) is 9.30. The third-order valence-electron chi connectivity index (χ3n) is 7.01. The number of methoxy groups -OCH3 is 1. The zero-order valence-electron chi connectivity index (χ0n) is 22.2. The number of ether oxygens (including phenoxy) is 1. The molecule has 40 heavy (non-hydrogen) atoms. The molecule has 0 radical (unpaired) electrons. The Hall–Kier alpha value is -5.18. The fraction of sp³-hybridized carbons (Fsp3) is 0.161. The van der Waals surface area contributed by atoms with Gasteiger partial charge in [0.25, 0.3) is 0 Å². The minimum atomic E-state index is -0.464. The normalized spacial score (nSPS) is 11.9. The van der Waals surface area contributed by atoms with Gasteiger partial charge in [0.1, 0.15) is 23.2 Å². The van der Waals surface area contributed by atoms with Crippen molar-refractivity contribution in [2.24, 2.45) is 0 Å². The van der Waals surface area contributed by atoms with Crippen LogP contribution in [0.1, 0.15) is 24.5 Å². The Bertz CT molecular complexity index is 1720. The van der Waals surface area contributed by atoms with Gasteiger partial charge in [-0.15, -0.1) is 0 Å². The number of benzene rings is 2. The van der Waals surface area contributed by atoms with Crippen LogP contribution in [0.15, 0.2) is 102 Å². The van der Waals surface area contributed by atoms with Gasteiger partial charge >= 0.3 is 0 Å². The van der Waals surface area contributed by atoms with Gasteiger partial charge in [0.2, 0.25) is 12.3 Å². The van der Waals surface area contributed by atoms with Crippen molar-refractivity contribution in [2.75, 3.05) is 12.0 Å². The summed E-state index contributed by atoms with van der Waals surface area (Å²) in [4.78, 5) is 27.9. The molecular weight excluding hydrogens is 504 g/mol. The van der Waals surface area contributed by atoms with Crippen molar-refractivity contribution in [2.45, 2.75) is 25.9 Å². The predicted octanol–water partition coefficient (Wildman–Crippen LogP) is 5.85. The molecule has 4 aromatic heterocycles. The Morgan fingerprint density at radius 1 is 1.05 bits per heavy atom. The number of carbonyl (C=O) groups excluding carboxylic acids is 1. The van der Waals surface area contributed by atoms with Crippen LogP contribution in [0.25, 0.3) is 27.9 Å². The van der Waals surface area contributed by atoms with Crippen molar-refractivity contribution >= 4 is 23.3 Å². The standard InChI is InChI=1S/C31H28N6O3/c1-3-36-28(22-7-9-25(10-8-22)35-15-14-32-20-35)19-34-31(36)27(18-24-6-4-5-13-33-24)37(21-38)30-17-23-16-26(39-2)11-12-29(23)40-30/h4-17,19-21,27H,3,18H2,1-2H3. The zero-order chi connectivity index (χ0) is 27.5. The maximum absolute atomic E-state index is 12.7. The summed E-state index contributed by atoms with van der Waals surface area (Å²) in [6.45, 7) is 2.74. The fourth-order valence-corrected chi connectivity index (χ4v) is 5.01. The van der Waals surface area contributed by atoms with E-state index in [2.05, 4.69) is 45.7 Å². The molecule has 0 saturated heterocycles. The summed E-state index contributed by atoms with van der Waals surface area (Å²) in [6.07, 6.45) is 10.3. The topological polar surface area (TPSA) is 91.2 Å². The van der Waals surface area contributed by atoms with Crippen LogP contribution < -0.4 is 9.64 Å². The van der Waals surface area contributed by atoms with Crippen molar-refractivity contribution in [1.29, 1.82) is 0 Å². The number of hydrogen-bond donors (Lipinski definition) is 0. The average molecular weight is 533 g/mol. The highest BCUT2D eigenvalue weighted by atomic mass is 16.5. The highest BCUT2D eigenvalue weighted by Gasteiger charge is 2.29. The summed E-state index contributed by atoms with van der Waals surface area (Å²) in [7, 11) is 1.62. The maximum atomic E-state index is 12.7. The van der Waals surface area contributed by atoms with Crippen molar-refractivity contribution in [1.82, 2.24) is 24.1 Å². The third kappa shape index (κ3) is 4.73. The molecule has 0 bridgehead atoms. The minimum absolute atomic E-state index is 0.427. The molecule has 1 atom stereocenters. The summed E-state index contributed by atoms with van der Waals surface area (Å²) in [6, 6.07) is 21.0. The number of amides is 1. The summed E-state index contributed by atoms with van der Waals surface area (Å²) in [5, 5.41) is 0.843. The van der Waals surface area contributed by atoms with Gasteiger partial charge in [0.15, 0.2) is 0 Å². The summed E-state index contributed by atoms with van der Waals surface area (Å²) >= 11 is 0. The molecule has 0 fully saturated rings. The molecule has 0 N–H and O–H groups in total. The van der Waals surface area contributed by atoms with E-state index in [1.54, 1.807) is 30.7 Å². The van der Waals surface area contributed by atoms with Crippen LogP contribution in [0.5, 0.6) is 5.75 Å². The van der Waals surface area contributed by atoms with Crippen molar-refractivity contribution in [3.8, 4) is 22.7 Å². The summed E-state index contributed by atoms with van der Waals surface area (Å²) in [5.74, 6) is 1.89. The monoisotopic (exact) mass is 532 g/mol. The third-order valence-corrected chi connectivity index (χ3v) is 7.01. The fourth-order valence-electron chi connectivity index (χ4n) is 5.01. The van der Waals surface area contributed by atoms with Crippen LogP contribution in [-0.2, 0) is 17.8 Å². The van der Waals surface area contributed by atoms with E-state index >= 15 is 0 Å². The van der Waals surface area contributed by atoms with E-state index in [1.807, 2.05) is 59.4 Å². The minimum Gasteiger partial charge on any atom is -0.497 e. The molecule has 0 aliphatic rings. The summed E-state index contributed by atoms with van der Waals surface area (Å²) in [5.41, 5.74) is 4.51. The van der Waals surface area contributed by atoms with E-state index < -0.39 is 6.04 Å². The number of furan rings is 1. The quantitative estimate of drug-likeness (QED) is 0.206. The van der Waals surface area contributed by atoms with E-state index in [1.165, 1.54) is 0 Å². The molecule has 9 nitrogen and oxygen atoms in total. The lowest BCUT2D eigenvalue weighted by Crippen LogP contribution is -2.31. The first kappa shape index (κ1) is 25.1.